The van der Waals surface area contributed by atoms with E-state index in [9.17, 15) is 0 Å². The minimum atomic E-state index is 1.08. The summed E-state index contributed by atoms with van der Waals surface area (Å²) in [6.45, 7) is 0. The fourth-order valence-corrected chi connectivity index (χ4v) is 11.6. The molecule has 0 radical (unpaired) electrons. The number of hydrogen-bond donors (Lipinski definition) is 0. The molecule has 22 heavy (non-hydrogen) atoms. The lowest BCUT2D eigenvalue weighted by Gasteiger charge is -2.65. The number of fused-ring (bicyclic) bond motifs is 2. The Kier molecular flexibility index (Phi) is 1.28. The molecule has 0 heteroatoms. The predicted molar refractivity (Wildman–Crippen MR) is 83.6 cm³/mol. The van der Waals surface area contributed by atoms with Gasteiger partial charge in [0.1, 0.15) is 0 Å². The van der Waals surface area contributed by atoms with E-state index >= 15 is 0 Å². The highest BCUT2D eigenvalue weighted by atomic mass is 14.8. The van der Waals surface area contributed by atoms with Gasteiger partial charge in [-0.2, -0.15) is 0 Å². The van der Waals surface area contributed by atoms with Crippen LogP contribution in [0.3, 0.4) is 0 Å². The fraction of sp³-hybridized carbons (Fsp3) is 0.818. The van der Waals surface area contributed by atoms with E-state index in [0.717, 1.165) is 65.1 Å². The van der Waals surface area contributed by atoms with E-state index in [1.165, 1.54) is 5.92 Å². The lowest BCUT2D eigenvalue weighted by molar-refractivity contribution is -0.0826. The van der Waals surface area contributed by atoms with Crippen molar-refractivity contribution in [1.29, 1.82) is 0 Å². The van der Waals surface area contributed by atoms with Crippen molar-refractivity contribution in [3.8, 4) is 0 Å². The Balaban J connectivity index is 1.53. The maximum absolute atomic E-state index is 2.16. The van der Waals surface area contributed by atoms with Crippen LogP contribution >= 0.6 is 0 Å². The van der Waals surface area contributed by atoms with E-state index in [-0.39, 0.29) is 0 Å². The highest BCUT2D eigenvalue weighted by molar-refractivity contribution is 5.54. The summed E-state index contributed by atoms with van der Waals surface area (Å²) in [5.41, 5.74) is 8.58. The van der Waals surface area contributed by atoms with Crippen molar-refractivity contribution < 1.29 is 0 Å². The van der Waals surface area contributed by atoms with E-state index in [2.05, 4.69) is 22.3 Å². The molecule has 112 valence electrons. The molecule has 0 amide bonds. The van der Waals surface area contributed by atoms with Gasteiger partial charge in [0.25, 0.3) is 0 Å². The Hall–Kier alpha value is -0.520. The van der Waals surface area contributed by atoms with Gasteiger partial charge in [-0.05, 0) is 110 Å². The molecule has 4 bridgehead atoms. The molecule has 6 saturated carbocycles. The summed E-state index contributed by atoms with van der Waals surface area (Å²) in [6, 6.07) is 0. The first-order valence-electron chi connectivity index (χ1n) is 10.4. The van der Waals surface area contributed by atoms with Gasteiger partial charge in [-0.1, -0.05) is 22.3 Å². The quantitative estimate of drug-likeness (QED) is 0.578. The number of rotatable bonds is 0. The molecule has 0 saturated heterocycles. The average molecular weight is 288 g/mol. The van der Waals surface area contributed by atoms with Crippen LogP contribution in [0.4, 0.5) is 0 Å². The molecule has 0 aliphatic heterocycles. The van der Waals surface area contributed by atoms with Crippen LogP contribution in [-0.2, 0) is 0 Å². The van der Waals surface area contributed by atoms with Gasteiger partial charge in [-0.15, -0.1) is 0 Å². The van der Waals surface area contributed by atoms with Gasteiger partial charge in [0.2, 0.25) is 0 Å². The summed E-state index contributed by atoms with van der Waals surface area (Å²) >= 11 is 0. The van der Waals surface area contributed by atoms with Crippen molar-refractivity contribution in [2.45, 2.75) is 38.5 Å². The summed E-state index contributed by atoms with van der Waals surface area (Å²) in [5, 5.41) is 0. The third kappa shape index (κ3) is 0.700. The first-order valence-corrected chi connectivity index (χ1v) is 10.4. The molecule has 6 fully saturated rings. The Bertz CT molecular complexity index is 752. The van der Waals surface area contributed by atoms with Gasteiger partial charge in [0.05, 0.1) is 0 Å². The van der Waals surface area contributed by atoms with E-state index in [4.69, 9.17) is 0 Å². The van der Waals surface area contributed by atoms with Crippen LogP contribution in [0.2, 0.25) is 0 Å². The molecular formula is C22H24. The Morgan fingerprint density at radius 2 is 1.32 bits per heavy atom. The summed E-state index contributed by atoms with van der Waals surface area (Å²) in [7, 11) is 0. The second kappa shape index (κ2) is 2.72. The maximum Gasteiger partial charge on any atom is -0.0120 e. The van der Waals surface area contributed by atoms with Crippen molar-refractivity contribution in [3.63, 3.8) is 0 Å². The molecule has 0 unspecified atom stereocenters. The second-order valence-electron chi connectivity index (χ2n) is 10.6. The lowest BCUT2D eigenvalue weighted by atomic mass is 9.39. The molecule has 0 aromatic heterocycles. The Morgan fingerprint density at radius 3 is 2.27 bits per heavy atom. The molecular weight excluding hydrogens is 264 g/mol. The highest BCUT2D eigenvalue weighted by Crippen LogP contribution is 2.83. The molecule has 10 aliphatic carbocycles. The van der Waals surface area contributed by atoms with E-state index < -0.39 is 0 Å². The Morgan fingerprint density at radius 1 is 0.545 bits per heavy atom. The monoisotopic (exact) mass is 288 g/mol. The minimum Gasteiger partial charge on any atom is -0.0661 e. The van der Waals surface area contributed by atoms with Gasteiger partial charge in [0.15, 0.2) is 0 Å². The molecule has 0 aromatic carbocycles. The fourth-order valence-electron chi connectivity index (χ4n) is 11.6. The van der Waals surface area contributed by atoms with Crippen molar-refractivity contribution in [2.24, 2.45) is 71.0 Å². The molecule has 0 nitrogen and oxygen atoms in total. The third-order valence-electron chi connectivity index (χ3n) is 11.1. The summed E-state index contributed by atoms with van der Waals surface area (Å²) in [4.78, 5) is 0. The van der Waals surface area contributed by atoms with E-state index in [0.29, 0.717) is 0 Å². The van der Waals surface area contributed by atoms with Crippen LogP contribution in [0.1, 0.15) is 38.5 Å². The maximum atomic E-state index is 2.16. The zero-order valence-corrected chi connectivity index (χ0v) is 13.2. The molecule has 0 heterocycles. The number of allylic oxidation sites excluding steroid dienone is 4. The zero-order valence-electron chi connectivity index (χ0n) is 13.2. The van der Waals surface area contributed by atoms with Crippen molar-refractivity contribution >= 4 is 0 Å². The summed E-state index contributed by atoms with van der Waals surface area (Å²) in [6.07, 6.45) is 9.65. The minimum absolute atomic E-state index is 1.08. The third-order valence-corrected chi connectivity index (χ3v) is 11.1. The molecule has 12 atom stereocenters. The van der Waals surface area contributed by atoms with Gasteiger partial charge in [-0.25, -0.2) is 0 Å². The van der Waals surface area contributed by atoms with Gasteiger partial charge in [0, 0.05) is 0 Å². The van der Waals surface area contributed by atoms with Crippen molar-refractivity contribution in [1.82, 2.24) is 0 Å². The normalized spacial score (nSPS) is 72.0. The van der Waals surface area contributed by atoms with Crippen LogP contribution in [0.15, 0.2) is 22.3 Å². The van der Waals surface area contributed by atoms with Crippen LogP contribution in [0.25, 0.3) is 0 Å². The standard InChI is InChI=1S/C22H24/c1-2-8-16-10-4-3-9-15(16)7(1)17-11-5-13-19(9)20(10)14-6-12(18(8)17)21(11)22(13)14/h7-13,15-16,19,21-22H,1-6H2/t7-,8+,9+,10-,11+,12-,13-,15+,16-,19-,21+,22+/m0/s1. The molecule has 0 aromatic rings. The second-order valence-corrected chi connectivity index (χ2v) is 10.6. The van der Waals surface area contributed by atoms with Crippen molar-refractivity contribution in [2.75, 3.05) is 0 Å². The van der Waals surface area contributed by atoms with Crippen molar-refractivity contribution in [3.05, 3.63) is 22.3 Å². The highest BCUT2D eigenvalue weighted by Gasteiger charge is 2.75. The molecule has 10 aliphatic rings. The summed E-state index contributed by atoms with van der Waals surface area (Å²) < 4.78 is 0. The molecule has 0 N–H and O–H groups in total. The average Bonchev–Trinajstić information content (AvgIpc) is 3.26. The first-order chi connectivity index (χ1) is 10.9. The zero-order chi connectivity index (χ0) is 13.5. The largest absolute Gasteiger partial charge is 0.0661 e. The van der Waals surface area contributed by atoms with Gasteiger partial charge >= 0.3 is 0 Å². The van der Waals surface area contributed by atoms with Gasteiger partial charge in [-0.3, -0.25) is 0 Å². The number of hydrogen-bond acceptors (Lipinski definition) is 0. The lowest BCUT2D eigenvalue weighted by Crippen LogP contribution is -2.58. The van der Waals surface area contributed by atoms with Crippen LogP contribution in [0, 0.1) is 71.0 Å². The molecule has 0 spiro atoms. The SMILES string of the molecule is C1C[C@@H]2C3=C4C[C@H]5C6=C7[C@H]8CC[C@@H]6[C@@H]2[C@H]8[C@@H]1[C@H]3[C@@H]1C[C@H]7[C@H]5[C@@H]41. The summed E-state index contributed by atoms with van der Waals surface area (Å²) in [5.74, 6) is 13.4. The van der Waals surface area contributed by atoms with Crippen LogP contribution in [0.5, 0.6) is 0 Å². The van der Waals surface area contributed by atoms with Crippen LogP contribution < -0.4 is 0 Å². The smallest absolute Gasteiger partial charge is 0.0120 e. The van der Waals surface area contributed by atoms with E-state index in [1.54, 1.807) is 38.5 Å². The molecule has 10 rings (SSSR count). The van der Waals surface area contributed by atoms with Crippen LogP contribution in [-0.4, -0.2) is 0 Å². The van der Waals surface area contributed by atoms with E-state index in [1.807, 2.05) is 0 Å². The first kappa shape index (κ1) is 10.4. The van der Waals surface area contributed by atoms with Gasteiger partial charge < -0.3 is 0 Å². The predicted octanol–water partition coefficient (Wildman–Crippen LogP) is 4.44. The topological polar surface area (TPSA) is 0 Å². The Labute approximate surface area is 132 Å².